The van der Waals surface area contributed by atoms with E-state index in [2.05, 4.69) is 14.9 Å². The number of rotatable bonds is 7. The van der Waals surface area contributed by atoms with Crippen LogP contribution in [0.1, 0.15) is 24.3 Å². The van der Waals surface area contributed by atoms with Gasteiger partial charge in [-0.25, -0.2) is 31.1 Å². The molecule has 4 heterocycles. The number of alkyl halides is 3. The highest BCUT2D eigenvalue weighted by Gasteiger charge is 2.46. The zero-order chi connectivity index (χ0) is 26.5. The molecule has 0 bridgehead atoms. The second kappa shape index (κ2) is 9.44. The summed E-state index contributed by atoms with van der Waals surface area (Å²) in [7, 11) is -0.744. The van der Waals surface area contributed by atoms with E-state index in [1.165, 1.54) is 17.2 Å². The number of nitrogens with zero attached hydrogens (tertiary/aromatic N) is 6. The molecule has 37 heavy (non-hydrogen) atoms. The van der Waals surface area contributed by atoms with Crippen molar-refractivity contribution in [1.82, 2.24) is 29.1 Å². The van der Waals surface area contributed by atoms with Gasteiger partial charge >= 0.3 is 6.03 Å². The van der Waals surface area contributed by atoms with Crippen molar-refractivity contribution in [3.63, 3.8) is 0 Å². The fourth-order valence-corrected chi connectivity index (χ4v) is 6.53. The van der Waals surface area contributed by atoms with Gasteiger partial charge in [0, 0.05) is 46.5 Å². The molecule has 2 fully saturated rings. The number of urea groups is 1. The van der Waals surface area contributed by atoms with Crippen molar-refractivity contribution in [2.24, 2.45) is 0 Å². The summed E-state index contributed by atoms with van der Waals surface area (Å²) in [6.07, 6.45) is -0.560. The van der Waals surface area contributed by atoms with E-state index in [4.69, 9.17) is 0 Å². The van der Waals surface area contributed by atoms with Crippen LogP contribution in [0.2, 0.25) is 0 Å². The maximum absolute atomic E-state index is 13.5. The van der Waals surface area contributed by atoms with Gasteiger partial charge < -0.3 is 19.1 Å². The maximum Gasteiger partial charge on any atom is 0.319 e. The normalized spacial score (nSPS) is 17.6. The van der Waals surface area contributed by atoms with Crippen molar-refractivity contribution in [2.45, 2.75) is 29.7 Å². The molecule has 3 aromatic heterocycles. The molecule has 10 nitrogen and oxygen atoms in total. The summed E-state index contributed by atoms with van der Waals surface area (Å²) >= 11 is 0.728. The number of hydrogen-bond acceptors (Lipinski definition) is 7. The van der Waals surface area contributed by atoms with Crippen molar-refractivity contribution in [1.29, 1.82) is 0 Å². The Kier molecular flexibility index (Phi) is 6.56. The molecule has 1 saturated carbocycles. The molecule has 200 valence electrons. The third-order valence-corrected chi connectivity index (χ3v) is 9.10. The number of nitrogens with one attached hydrogen (secondary N) is 1. The molecule has 0 unspecified atom stereocenters. The number of carbonyl (C=O) groups is 1. The number of anilines is 1. The monoisotopic (exact) mass is 557 g/mol. The highest BCUT2D eigenvalue weighted by molar-refractivity contribution is 7.89. The van der Waals surface area contributed by atoms with Gasteiger partial charge in [0.15, 0.2) is 10.0 Å². The molecule has 2 amide bonds. The molecule has 0 spiro atoms. The number of carbonyl (C=O) groups excluding carboxylic acids is 1. The van der Waals surface area contributed by atoms with Crippen LogP contribution < -0.4 is 9.62 Å². The first-order valence-corrected chi connectivity index (χ1v) is 13.9. The van der Waals surface area contributed by atoms with Gasteiger partial charge in [0.2, 0.25) is 10.0 Å². The molecule has 0 aromatic carbocycles. The molecule has 1 aliphatic carbocycles. The summed E-state index contributed by atoms with van der Waals surface area (Å²) in [6, 6.07) is 4.86. The van der Waals surface area contributed by atoms with Gasteiger partial charge in [0.25, 0.3) is 6.43 Å². The van der Waals surface area contributed by atoms with Crippen molar-refractivity contribution in [2.75, 3.05) is 51.8 Å². The van der Waals surface area contributed by atoms with E-state index in [-0.39, 0.29) is 15.9 Å². The molecular weight excluding hydrogens is 531 g/mol. The Balaban J connectivity index is 1.57. The van der Waals surface area contributed by atoms with Crippen LogP contribution >= 0.6 is 11.3 Å². The molecule has 1 saturated heterocycles. The van der Waals surface area contributed by atoms with Crippen LogP contribution in [-0.4, -0.2) is 91.3 Å². The van der Waals surface area contributed by atoms with E-state index < -0.39 is 33.7 Å². The number of sulfonamides is 1. The van der Waals surface area contributed by atoms with E-state index >= 15 is 0 Å². The van der Waals surface area contributed by atoms with Crippen molar-refractivity contribution >= 4 is 38.6 Å². The first kappa shape index (κ1) is 25.7. The molecule has 1 aliphatic heterocycles. The number of fused-ring (bicyclic) bond motifs is 1. The Morgan fingerprint density at radius 3 is 2.46 bits per heavy atom. The quantitative estimate of drug-likeness (QED) is 0.479. The molecule has 0 atom stereocenters. The van der Waals surface area contributed by atoms with Gasteiger partial charge in [-0.2, -0.15) is 0 Å². The van der Waals surface area contributed by atoms with Gasteiger partial charge in [-0.3, -0.25) is 0 Å². The molecule has 2 aliphatic rings. The Hall–Kier alpha value is -2.91. The van der Waals surface area contributed by atoms with Crippen LogP contribution in [0, 0.1) is 0 Å². The lowest BCUT2D eigenvalue weighted by Crippen LogP contribution is -2.51. The SMILES string of the molecule is CN(C)C(=O)N1CCN(c2cc(S(=O)(=O)NC3(CF)CC3)cn3c(-c4nnc(C(F)F)s4)ccc23)CC1. The fourth-order valence-electron chi connectivity index (χ4n) is 4.35. The Morgan fingerprint density at radius 2 is 1.89 bits per heavy atom. The summed E-state index contributed by atoms with van der Waals surface area (Å²) in [6.45, 7) is 0.972. The first-order chi connectivity index (χ1) is 17.5. The standard InChI is InChI=1S/C22H26F3N7O3S2/c1-29(2)21(33)31-9-7-30(8-10-31)17-11-14(37(34,35)28-22(13-23)5-6-22)12-32-15(17)3-4-16(32)19-26-27-20(36-19)18(24)25/h3-4,11-12,18,28H,5-10,13H2,1-2H3. The van der Waals surface area contributed by atoms with E-state index in [9.17, 15) is 26.4 Å². The first-order valence-electron chi connectivity index (χ1n) is 11.6. The average molecular weight is 558 g/mol. The lowest BCUT2D eigenvalue weighted by molar-refractivity contribution is 0.150. The van der Waals surface area contributed by atoms with Crippen LogP contribution in [-0.2, 0) is 10.0 Å². The van der Waals surface area contributed by atoms with Crippen molar-refractivity contribution in [3.8, 4) is 10.7 Å². The van der Waals surface area contributed by atoms with Gasteiger partial charge in [-0.15, -0.1) is 10.2 Å². The molecule has 5 rings (SSSR count). The fraction of sp³-hybridized carbons (Fsp3) is 0.500. The smallest absolute Gasteiger partial charge is 0.319 e. The van der Waals surface area contributed by atoms with Crippen LogP contribution in [0.25, 0.3) is 16.2 Å². The van der Waals surface area contributed by atoms with Crippen LogP contribution in [0.15, 0.2) is 29.3 Å². The van der Waals surface area contributed by atoms with Crippen LogP contribution in [0.3, 0.4) is 0 Å². The Morgan fingerprint density at radius 1 is 1.19 bits per heavy atom. The number of amides is 2. The molecule has 1 N–H and O–H groups in total. The van der Waals surface area contributed by atoms with E-state index in [1.54, 1.807) is 35.5 Å². The molecule has 0 radical (unpaired) electrons. The second-order valence-electron chi connectivity index (χ2n) is 9.45. The number of halogens is 3. The van der Waals surface area contributed by atoms with Gasteiger partial charge in [0.05, 0.1) is 22.4 Å². The summed E-state index contributed by atoms with van der Waals surface area (Å²) in [5, 5.41) is 7.21. The topological polar surface area (TPSA) is 103 Å². The Labute approximate surface area is 215 Å². The predicted octanol–water partition coefficient (Wildman–Crippen LogP) is 2.98. The van der Waals surface area contributed by atoms with Crippen LogP contribution in [0.4, 0.5) is 23.7 Å². The zero-order valence-electron chi connectivity index (χ0n) is 20.2. The largest absolute Gasteiger partial charge is 0.366 e. The number of aromatic nitrogens is 3. The highest BCUT2D eigenvalue weighted by Crippen LogP contribution is 2.39. The molecule has 3 aromatic rings. The van der Waals surface area contributed by atoms with Gasteiger partial charge in [0.1, 0.15) is 11.6 Å². The average Bonchev–Trinajstić information content (AvgIpc) is 3.26. The third kappa shape index (κ3) is 4.86. The van der Waals surface area contributed by atoms with Gasteiger partial charge in [-0.1, -0.05) is 11.3 Å². The van der Waals surface area contributed by atoms with E-state index in [0.717, 1.165) is 11.3 Å². The van der Waals surface area contributed by atoms with E-state index in [0.29, 0.717) is 55.9 Å². The number of hydrogen-bond donors (Lipinski definition) is 1. The highest BCUT2D eigenvalue weighted by atomic mass is 32.2. The molecular formula is C22H26F3N7O3S2. The number of pyridine rings is 1. The van der Waals surface area contributed by atoms with Gasteiger partial charge in [-0.05, 0) is 31.0 Å². The summed E-state index contributed by atoms with van der Waals surface area (Å²) in [5.74, 6) is 0. The Bertz CT molecular complexity index is 1430. The summed E-state index contributed by atoms with van der Waals surface area (Å²) in [4.78, 5) is 17.5. The zero-order valence-corrected chi connectivity index (χ0v) is 21.8. The van der Waals surface area contributed by atoms with E-state index in [1.807, 2.05) is 4.90 Å². The summed E-state index contributed by atoms with van der Waals surface area (Å²) in [5.41, 5.74) is 0.555. The maximum atomic E-state index is 13.5. The lowest BCUT2D eigenvalue weighted by Gasteiger charge is -2.37. The van der Waals surface area contributed by atoms with Crippen molar-refractivity contribution in [3.05, 3.63) is 29.4 Å². The minimum Gasteiger partial charge on any atom is -0.366 e. The summed E-state index contributed by atoms with van der Waals surface area (Å²) < 4.78 is 70.5. The number of piperazine rings is 1. The predicted molar refractivity (Wildman–Crippen MR) is 132 cm³/mol. The third-order valence-electron chi connectivity index (χ3n) is 6.61. The minimum atomic E-state index is -4.10. The molecule has 15 heteroatoms. The second-order valence-corrected chi connectivity index (χ2v) is 12.1. The van der Waals surface area contributed by atoms with Crippen molar-refractivity contribution < 1.29 is 26.4 Å². The lowest BCUT2D eigenvalue weighted by atomic mass is 10.2. The minimum absolute atomic E-state index is 0.0856. The van der Waals surface area contributed by atoms with Crippen LogP contribution in [0.5, 0.6) is 0 Å².